The van der Waals surface area contributed by atoms with Crippen LogP contribution in [0.25, 0.3) is 0 Å². The highest BCUT2D eigenvalue weighted by Crippen LogP contribution is 2.39. The second-order valence-corrected chi connectivity index (χ2v) is 4.86. The number of fused-ring (bicyclic) bond motifs is 1. The van der Waals surface area contributed by atoms with Crippen molar-refractivity contribution in [3.05, 3.63) is 23.8 Å². The number of anilines is 1. The van der Waals surface area contributed by atoms with Gasteiger partial charge in [0.15, 0.2) is 0 Å². The normalized spacial score (nSPS) is 15.3. The predicted molar refractivity (Wildman–Crippen MR) is 62.2 cm³/mol. The van der Waals surface area contributed by atoms with Gasteiger partial charge in [0.1, 0.15) is 6.54 Å². The molecule has 0 bridgehead atoms. The molecular weight excluding hydrogens is 283 g/mol. The molecule has 1 aromatic rings. The Kier molecular flexibility index (Phi) is 3.44. The third kappa shape index (κ3) is 2.83. The van der Waals surface area contributed by atoms with Crippen LogP contribution in [0.2, 0.25) is 0 Å². The van der Waals surface area contributed by atoms with Crippen LogP contribution in [0.3, 0.4) is 0 Å². The Morgan fingerprint density at radius 2 is 2.11 bits per heavy atom. The zero-order chi connectivity index (χ0) is 14.2. The largest absolute Gasteiger partial charge is 0.480 e. The zero-order valence-electron chi connectivity index (χ0n) is 9.40. The number of aliphatic carboxylic acids is 1. The average molecular weight is 291 g/mol. The van der Waals surface area contributed by atoms with Gasteiger partial charge < -0.3 is 5.11 Å². The third-order valence-electron chi connectivity index (χ3n) is 2.52. The molecule has 1 N–H and O–H groups in total. The molecule has 2 rings (SSSR count). The van der Waals surface area contributed by atoms with E-state index in [1.165, 1.54) is 0 Å². The Morgan fingerprint density at radius 3 is 2.68 bits per heavy atom. The molecule has 0 aliphatic carbocycles. The fraction of sp³-hybridized carbons (Fsp3) is 0.273. The van der Waals surface area contributed by atoms with Crippen LogP contribution in [0.4, 0.5) is 18.9 Å². The molecule has 8 heteroatoms. The van der Waals surface area contributed by atoms with Gasteiger partial charge in [0, 0.05) is 4.90 Å². The van der Waals surface area contributed by atoms with Gasteiger partial charge in [0.05, 0.1) is 17.0 Å². The van der Waals surface area contributed by atoms with Crippen LogP contribution in [0, 0.1) is 0 Å². The number of alkyl halides is 3. The second kappa shape index (κ2) is 4.76. The molecule has 1 heterocycles. The van der Waals surface area contributed by atoms with E-state index in [9.17, 15) is 22.8 Å². The number of carbonyl (C=O) groups excluding carboxylic acids is 1. The maximum atomic E-state index is 12.6. The summed E-state index contributed by atoms with van der Waals surface area (Å²) in [6, 6.07) is 2.90. The van der Waals surface area contributed by atoms with Crippen LogP contribution in [0.1, 0.15) is 5.56 Å². The minimum absolute atomic E-state index is 0.0679. The van der Waals surface area contributed by atoms with Crippen molar-refractivity contribution in [1.82, 2.24) is 0 Å². The molecule has 4 nitrogen and oxygen atoms in total. The summed E-state index contributed by atoms with van der Waals surface area (Å²) in [6.45, 7) is -0.558. The van der Waals surface area contributed by atoms with Crippen LogP contribution >= 0.6 is 11.8 Å². The fourth-order valence-corrected chi connectivity index (χ4v) is 2.66. The highest BCUT2D eigenvalue weighted by Gasteiger charge is 2.33. The number of thioether (sulfide) groups is 1. The molecule has 0 unspecified atom stereocenters. The number of nitrogens with zero attached hydrogens (tertiary/aromatic N) is 1. The molecule has 0 spiro atoms. The predicted octanol–water partition coefficient (Wildman–Crippen LogP) is 2.23. The monoisotopic (exact) mass is 291 g/mol. The van der Waals surface area contributed by atoms with E-state index >= 15 is 0 Å². The van der Waals surface area contributed by atoms with E-state index in [2.05, 4.69) is 0 Å². The van der Waals surface area contributed by atoms with Gasteiger partial charge >= 0.3 is 12.1 Å². The molecule has 102 valence electrons. The Bertz CT molecular complexity index is 544. The molecule has 1 aromatic carbocycles. The van der Waals surface area contributed by atoms with Crippen molar-refractivity contribution in [3.63, 3.8) is 0 Å². The second-order valence-electron chi connectivity index (χ2n) is 3.84. The summed E-state index contributed by atoms with van der Waals surface area (Å²) in [5.74, 6) is -1.72. The van der Waals surface area contributed by atoms with Crippen molar-refractivity contribution < 1.29 is 27.9 Å². The molecule has 19 heavy (non-hydrogen) atoms. The van der Waals surface area contributed by atoms with Crippen molar-refractivity contribution in [1.29, 1.82) is 0 Å². The Hall–Kier alpha value is -1.70. The molecule has 0 aromatic heterocycles. The lowest BCUT2D eigenvalue weighted by atomic mass is 10.2. The van der Waals surface area contributed by atoms with Crippen LogP contribution in [-0.4, -0.2) is 29.3 Å². The van der Waals surface area contributed by atoms with Gasteiger partial charge in [-0.05, 0) is 18.2 Å². The first-order chi connectivity index (χ1) is 8.79. The fourth-order valence-electron chi connectivity index (χ4n) is 1.69. The van der Waals surface area contributed by atoms with Crippen LogP contribution < -0.4 is 4.90 Å². The molecule has 0 radical (unpaired) electrons. The standard InChI is InChI=1S/C11H8F3NO3S/c12-11(13,14)6-1-2-7-8(3-6)19-5-9(16)15(7)4-10(17)18/h1-3H,4-5H2,(H,17,18). The first-order valence-electron chi connectivity index (χ1n) is 5.15. The van der Waals surface area contributed by atoms with E-state index in [1.807, 2.05) is 0 Å². The van der Waals surface area contributed by atoms with Crippen molar-refractivity contribution in [3.8, 4) is 0 Å². The van der Waals surface area contributed by atoms with E-state index in [4.69, 9.17) is 5.11 Å². The molecule has 1 aliphatic rings. The summed E-state index contributed by atoms with van der Waals surface area (Å²) in [5.41, 5.74) is -0.611. The first kappa shape index (κ1) is 13.7. The summed E-state index contributed by atoms with van der Waals surface area (Å²) in [4.78, 5) is 23.5. The van der Waals surface area contributed by atoms with Gasteiger partial charge in [-0.2, -0.15) is 13.2 Å². The zero-order valence-corrected chi connectivity index (χ0v) is 10.2. The number of amides is 1. The Labute approximate surface area is 110 Å². The highest BCUT2D eigenvalue weighted by molar-refractivity contribution is 8.00. The van der Waals surface area contributed by atoms with Gasteiger partial charge in [0.25, 0.3) is 0 Å². The van der Waals surface area contributed by atoms with E-state index in [0.29, 0.717) is 0 Å². The number of benzene rings is 1. The summed E-state index contributed by atoms with van der Waals surface area (Å²) in [6.07, 6.45) is -4.46. The number of rotatable bonds is 2. The number of carbonyl (C=O) groups is 2. The maximum absolute atomic E-state index is 12.6. The quantitative estimate of drug-likeness (QED) is 0.907. The van der Waals surface area contributed by atoms with Crippen LogP contribution in [0.15, 0.2) is 23.1 Å². The smallest absolute Gasteiger partial charge is 0.416 e. The Balaban J connectivity index is 2.41. The number of carboxylic acid groups (broad SMARTS) is 1. The van der Waals surface area contributed by atoms with Gasteiger partial charge in [-0.15, -0.1) is 11.8 Å². The molecule has 1 amide bonds. The van der Waals surface area contributed by atoms with E-state index < -0.39 is 30.2 Å². The number of hydrogen-bond acceptors (Lipinski definition) is 3. The van der Waals surface area contributed by atoms with Gasteiger partial charge in [0.2, 0.25) is 5.91 Å². The van der Waals surface area contributed by atoms with E-state index in [1.54, 1.807) is 0 Å². The topological polar surface area (TPSA) is 57.6 Å². The summed E-state index contributed by atoms with van der Waals surface area (Å²) >= 11 is 0.974. The molecule has 0 saturated heterocycles. The number of hydrogen-bond donors (Lipinski definition) is 1. The third-order valence-corrected chi connectivity index (χ3v) is 3.55. The maximum Gasteiger partial charge on any atom is 0.416 e. The molecule has 0 saturated carbocycles. The van der Waals surface area contributed by atoms with Crippen LogP contribution in [0.5, 0.6) is 0 Å². The van der Waals surface area contributed by atoms with Crippen LogP contribution in [-0.2, 0) is 15.8 Å². The molecular formula is C11H8F3NO3S. The summed E-state index contributed by atoms with van der Waals surface area (Å²) < 4.78 is 37.7. The minimum Gasteiger partial charge on any atom is -0.480 e. The van der Waals surface area contributed by atoms with Crippen molar-refractivity contribution in [2.75, 3.05) is 17.2 Å². The number of halogens is 3. The Morgan fingerprint density at radius 1 is 1.42 bits per heavy atom. The van der Waals surface area contributed by atoms with Crippen molar-refractivity contribution >= 4 is 29.3 Å². The summed E-state index contributed by atoms with van der Waals surface area (Å²) in [7, 11) is 0. The molecule has 1 aliphatic heterocycles. The van der Waals surface area contributed by atoms with Gasteiger partial charge in [-0.1, -0.05) is 0 Å². The minimum atomic E-state index is -4.46. The highest BCUT2D eigenvalue weighted by atomic mass is 32.2. The van der Waals surface area contributed by atoms with Crippen molar-refractivity contribution in [2.24, 2.45) is 0 Å². The lowest BCUT2D eigenvalue weighted by Gasteiger charge is -2.28. The van der Waals surface area contributed by atoms with E-state index in [0.717, 1.165) is 34.9 Å². The SMILES string of the molecule is O=C(O)CN1C(=O)CSc2cc(C(F)(F)F)ccc21. The molecule has 0 atom stereocenters. The lowest BCUT2D eigenvalue weighted by Crippen LogP contribution is -2.39. The summed E-state index contributed by atoms with van der Waals surface area (Å²) in [5, 5.41) is 8.71. The van der Waals surface area contributed by atoms with Gasteiger partial charge in [-0.25, -0.2) is 0 Å². The first-order valence-corrected chi connectivity index (χ1v) is 6.14. The van der Waals surface area contributed by atoms with Gasteiger partial charge in [-0.3, -0.25) is 14.5 Å². The number of carboxylic acids is 1. The van der Waals surface area contributed by atoms with E-state index in [-0.39, 0.29) is 16.3 Å². The molecule has 0 fully saturated rings. The van der Waals surface area contributed by atoms with Crippen molar-refractivity contribution in [2.45, 2.75) is 11.1 Å². The average Bonchev–Trinajstić information content (AvgIpc) is 2.30. The lowest BCUT2D eigenvalue weighted by molar-refractivity contribution is -0.138.